The standard InChI is InChI=1S/C26H14N4O8/c31-25-19(27-23(37-25)15-7-3-1-4-8-15)12-17-11-18(22(30(35)36)14-21(17)29(33)34)13-20-26(32)38-24(28-20)16-9-5-2-6-10-16/h1-14H/b19-12+,20-13+. The van der Waals surface area contributed by atoms with Crippen molar-refractivity contribution < 1.29 is 28.9 Å². The Morgan fingerprint density at radius 1 is 0.632 bits per heavy atom. The van der Waals surface area contributed by atoms with Crippen LogP contribution in [0.1, 0.15) is 22.3 Å². The number of nitro benzene ring substituents is 2. The van der Waals surface area contributed by atoms with Crippen LogP contribution in [0.15, 0.2) is 94.2 Å². The normalized spacial score (nSPS) is 16.7. The van der Waals surface area contributed by atoms with E-state index in [-0.39, 0.29) is 34.3 Å². The molecule has 0 aromatic heterocycles. The van der Waals surface area contributed by atoms with Crippen LogP contribution in [0.3, 0.4) is 0 Å². The number of nitro groups is 2. The van der Waals surface area contributed by atoms with Crippen molar-refractivity contribution in [1.82, 2.24) is 0 Å². The minimum Gasteiger partial charge on any atom is -0.402 e. The van der Waals surface area contributed by atoms with E-state index in [2.05, 4.69) is 9.98 Å². The topological polar surface area (TPSA) is 164 Å². The Bertz CT molecular complexity index is 1520. The summed E-state index contributed by atoms with van der Waals surface area (Å²) in [5, 5.41) is 23.5. The predicted molar refractivity (Wildman–Crippen MR) is 134 cm³/mol. The molecule has 0 N–H and O–H groups in total. The number of nitrogens with zero attached hydrogens (tertiary/aromatic N) is 4. The molecule has 0 bridgehead atoms. The maximum Gasteiger partial charge on any atom is 0.363 e. The zero-order valence-corrected chi connectivity index (χ0v) is 19.1. The first kappa shape index (κ1) is 23.9. The van der Waals surface area contributed by atoms with Gasteiger partial charge in [-0.2, -0.15) is 0 Å². The largest absolute Gasteiger partial charge is 0.402 e. The van der Waals surface area contributed by atoms with Gasteiger partial charge in [0.25, 0.3) is 11.4 Å². The number of carbonyl (C=O) groups is 2. The van der Waals surface area contributed by atoms with Gasteiger partial charge in [0.15, 0.2) is 11.4 Å². The van der Waals surface area contributed by atoms with E-state index < -0.39 is 33.2 Å². The molecule has 186 valence electrons. The number of hydrogen-bond donors (Lipinski definition) is 0. The van der Waals surface area contributed by atoms with E-state index in [0.29, 0.717) is 11.1 Å². The summed E-state index contributed by atoms with van der Waals surface area (Å²) in [5.74, 6) is -1.70. The van der Waals surface area contributed by atoms with Crippen molar-refractivity contribution in [1.29, 1.82) is 0 Å². The van der Waals surface area contributed by atoms with Gasteiger partial charge in [-0.25, -0.2) is 19.6 Å². The van der Waals surface area contributed by atoms with Gasteiger partial charge >= 0.3 is 11.9 Å². The Kier molecular flexibility index (Phi) is 6.11. The molecule has 0 unspecified atom stereocenters. The fraction of sp³-hybridized carbons (Fsp3) is 0. The fourth-order valence-electron chi connectivity index (χ4n) is 3.68. The molecule has 3 aromatic rings. The average molecular weight is 510 g/mol. The molecule has 2 aliphatic rings. The highest BCUT2D eigenvalue weighted by Crippen LogP contribution is 2.34. The summed E-state index contributed by atoms with van der Waals surface area (Å²) in [4.78, 5) is 54.9. The lowest BCUT2D eigenvalue weighted by Gasteiger charge is -2.03. The summed E-state index contributed by atoms with van der Waals surface area (Å²) in [6, 6.07) is 18.9. The monoisotopic (exact) mass is 510 g/mol. The fourth-order valence-corrected chi connectivity index (χ4v) is 3.68. The van der Waals surface area contributed by atoms with Crippen molar-refractivity contribution in [2.45, 2.75) is 0 Å². The van der Waals surface area contributed by atoms with E-state index >= 15 is 0 Å². The zero-order valence-electron chi connectivity index (χ0n) is 19.1. The van der Waals surface area contributed by atoms with Crippen molar-refractivity contribution in [2.24, 2.45) is 9.98 Å². The second kappa shape index (κ2) is 9.70. The molecular weight excluding hydrogens is 496 g/mol. The van der Waals surface area contributed by atoms with Crippen molar-refractivity contribution >= 4 is 47.3 Å². The number of aliphatic imine (C=N–C) groups is 2. The van der Waals surface area contributed by atoms with Crippen LogP contribution in [-0.4, -0.2) is 33.6 Å². The smallest absolute Gasteiger partial charge is 0.363 e. The van der Waals surface area contributed by atoms with Gasteiger partial charge in [0.1, 0.15) is 0 Å². The molecule has 0 radical (unpaired) electrons. The summed E-state index contributed by atoms with van der Waals surface area (Å²) in [7, 11) is 0. The molecule has 2 aliphatic heterocycles. The van der Waals surface area contributed by atoms with Gasteiger partial charge in [-0.15, -0.1) is 0 Å². The van der Waals surface area contributed by atoms with E-state index in [9.17, 15) is 29.8 Å². The van der Waals surface area contributed by atoms with Crippen LogP contribution >= 0.6 is 0 Å². The molecule has 2 heterocycles. The third kappa shape index (κ3) is 4.68. The Morgan fingerprint density at radius 3 is 1.39 bits per heavy atom. The molecule has 0 saturated heterocycles. The van der Waals surface area contributed by atoms with Gasteiger partial charge in [0, 0.05) is 11.1 Å². The Labute approximate surface area is 213 Å². The molecule has 0 aliphatic carbocycles. The number of hydrogen-bond acceptors (Lipinski definition) is 10. The van der Waals surface area contributed by atoms with Gasteiger partial charge in [0.05, 0.1) is 27.0 Å². The zero-order chi connectivity index (χ0) is 26.8. The van der Waals surface area contributed by atoms with Gasteiger partial charge in [-0.05, 0) is 42.5 Å². The van der Waals surface area contributed by atoms with Crippen LogP contribution in [0, 0.1) is 20.2 Å². The highest BCUT2D eigenvalue weighted by molar-refractivity contribution is 6.14. The summed E-state index contributed by atoms with van der Waals surface area (Å²) in [6.45, 7) is 0. The highest BCUT2D eigenvalue weighted by atomic mass is 16.6. The molecule has 0 saturated carbocycles. The summed E-state index contributed by atoms with van der Waals surface area (Å²) in [5.41, 5.74) is -1.10. The van der Waals surface area contributed by atoms with Gasteiger partial charge in [0.2, 0.25) is 11.8 Å². The number of rotatable bonds is 6. The lowest BCUT2D eigenvalue weighted by Crippen LogP contribution is -2.05. The third-order valence-corrected chi connectivity index (χ3v) is 5.44. The number of esters is 2. The molecule has 0 fully saturated rings. The Balaban J connectivity index is 1.61. The lowest BCUT2D eigenvalue weighted by atomic mass is 10.0. The summed E-state index contributed by atoms with van der Waals surface area (Å²) in [6.07, 6.45) is 2.18. The molecular formula is C26H14N4O8. The van der Waals surface area contributed by atoms with Gasteiger partial charge in [-0.1, -0.05) is 36.4 Å². The van der Waals surface area contributed by atoms with Crippen molar-refractivity contribution in [2.75, 3.05) is 0 Å². The predicted octanol–water partition coefficient (Wildman–Crippen LogP) is 4.19. The minimum absolute atomic E-state index is 0.00485. The average Bonchev–Trinajstić information content (AvgIpc) is 3.46. The number of cyclic esters (lactones) is 2. The molecule has 0 atom stereocenters. The Morgan fingerprint density at radius 2 is 1.03 bits per heavy atom. The third-order valence-electron chi connectivity index (χ3n) is 5.44. The van der Waals surface area contributed by atoms with E-state index in [1.807, 2.05) is 0 Å². The maximum absolute atomic E-state index is 12.4. The van der Waals surface area contributed by atoms with E-state index in [4.69, 9.17) is 9.47 Å². The first-order valence-electron chi connectivity index (χ1n) is 10.9. The number of ether oxygens (including phenoxy) is 2. The van der Waals surface area contributed by atoms with E-state index in [1.165, 1.54) is 0 Å². The first-order valence-corrected chi connectivity index (χ1v) is 10.9. The summed E-state index contributed by atoms with van der Waals surface area (Å²) < 4.78 is 10.3. The van der Waals surface area contributed by atoms with Gasteiger partial charge < -0.3 is 9.47 Å². The van der Waals surface area contributed by atoms with Crippen LogP contribution in [0.2, 0.25) is 0 Å². The van der Waals surface area contributed by atoms with Gasteiger partial charge in [-0.3, -0.25) is 20.2 Å². The summed E-state index contributed by atoms with van der Waals surface area (Å²) >= 11 is 0. The quantitative estimate of drug-likeness (QED) is 0.206. The van der Waals surface area contributed by atoms with Crippen molar-refractivity contribution in [3.05, 3.63) is 127 Å². The number of benzene rings is 3. The molecule has 5 rings (SSSR count). The van der Waals surface area contributed by atoms with E-state index in [1.54, 1.807) is 60.7 Å². The van der Waals surface area contributed by atoms with Crippen molar-refractivity contribution in [3.63, 3.8) is 0 Å². The second-order valence-electron chi connectivity index (χ2n) is 7.89. The minimum atomic E-state index is -0.854. The molecule has 0 amide bonds. The van der Waals surface area contributed by atoms with Crippen LogP contribution in [0.4, 0.5) is 11.4 Å². The SMILES string of the molecule is O=C1OC(c2ccccc2)=N/C1=C/c1cc(/C=C2/N=C(c3ccccc3)OC2=O)c([N+](=O)[O-])cc1[N+](=O)[O-]. The Hall–Kier alpha value is -5.78. The second-order valence-corrected chi connectivity index (χ2v) is 7.89. The van der Waals surface area contributed by atoms with Crippen LogP contribution < -0.4 is 0 Å². The molecule has 12 nitrogen and oxygen atoms in total. The first-order chi connectivity index (χ1) is 18.3. The molecule has 38 heavy (non-hydrogen) atoms. The van der Waals surface area contributed by atoms with E-state index in [0.717, 1.165) is 24.3 Å². The number of carbonyl (C=O) groups excluding carboxylic acids is 2. The van der Waals surface area contributed by atoms with Crippen LogP contribution in [0.25, 0.3) is 12.2 Å². The van der Waals surface area contributed by atoms with Crippen LogP contribution in [0.5, 0.6) is 0 Å². The molecule has 12 heteroatoms. The lowest BCUT2D eigenvalue weighted by molar-refractivity contribution is -0.394. The van der Waals surface area contributed by atoms with Crippen molar-refractivity contribution in [3.8, 4) is 0 Å². The van der Waals surface area contributed by atoms with Crippen LogP contribution in [-0.2, 0) is 19.1 Å². The molecule has 3 aromatic carbocycles. The maximum atomic E-state index is 12.4. The molecule has 0 spiro atoms. The highest BCUT2D eigenvalue weighted by Gasteiger charge is 2.30.